The molecule has 1 amide bonds. The van der Waals surface area contributed by atoms with Gasteiger partial charge in [0.25, 0.3) is 0 Å². The minimum atomic E-state index is -1.36. The predicted molar refractivity (Wildman–Crippen MR) is 74.4 cm³/mol. The number of carboxylic acid groups (broad SMARTS) is 1. The monoisotopic (exact) mass is 301 g/mol. The van der Waals surface area contributed by atoms with Gasteiger partial charge in [-0.05, 0) is 18.1 Å². The van der Waals surface area contributed by atoms with Crippen molar-refractivity contribution in [3.05, 3.63) is 33.6 Å². The summed E-state index contributed by atoms with van der Waals surface area (Å²) in [5.74, 6) is -2.75. The van der Waals surface area contributed by atoms with Crippen LogP contribution >= 0.6 is 11.6 Å². The van der Waals surface area contributed by atoms with Crippen LogP contribution in [0.5, 0.6) is 0 Å². The number of benzene rings is 1. The third kappa shape index (κ3) is 3.48. The van der Waals surface area contributed by atoms with E-state index >= 15 is 0 Å². The minimum Gasteiger partial charge on any atom is -0.478 e. The number of hydrogen-bond acceptors (Lipinski definition) is 2. The van der Waals surface area contributed by atoms with Gasteiger partial charge in [0, 0.05) is 18.0 Å². The summed E-state index contributed by atoms with van der Waals surface area (Å²) < 4.78 is 14.1. The van der Waals surface area contributed by atoms with Crippen molar-refractivity contribution < 1.29 is 19.1 Å². The molecule has 20 heavy (non-hydrogen) atoms. The molecule has 6 heteroatoms. The van der Waals surface area contributed by atoms with Gasteiger partial charge in [-0.25, -0.2) is 9.18 Å². The molecule has 0 radical (unpaired) electrons. The lowest BCUT2D eigenvalue weighted by atomic mass is 10.0. The van der Waals surface area contributed by atoms with Crippen LogP contribution in [0, 0.1) is 11.7 Å². The Morgan fingerprint density at radius 1 is 1.45 bits per heavy atom. The van der Waals surface area contributed by atoms with Crippen LogP contribution in [0.1, 0.15) is 42.3 Å². The zero-order valence-electron chi connectivity index (χ0n) is 11.6. The summed E-state index contributed by atoms with van der Waals surface area (Å²) in [5, 5.41) is 11.7. The van der Waals surface area contributed by atoms with E-state index in [9.17, 15) is 14.0 Å². The van der Waals surface area contributed by atoms with E-state index in [0.29, 0.717) is 12.0 Å². The topological polar surface area (TPSA) is 66.4 Å². The molecule has 1 aromatic rings. The molecule has 0 heterocycles. The van der Waals surface area contributed by atoms with E-state index in [4.69, 9.17) is 16.7 Å². The largest absolute Gasteiger partial charge is 0.478 e. The second-order valence-corrected chi connectivity index (χ2v) is 5.10. The molecule has 4 nitrogen and oxygen atoms in total. The van der Waals surface area contributed by atoms with Crippen molar-refractivity contribution in [1.29, 1.82) is 0 Å². The third-order valence-corrected chi connectivity index (χ3v) is 3.41. The summed E-state index contributed by atoms with van der Waals surface area (Å²) in [6, 6.07) is 1.23. The van der Waals surface area contributed by atoms with Crippen LogP contribution in [-0.4, -0.2) is 17.0 Å². The Balaban J connectivity index is 3.20. The van der Waals surface area contributed by atoms with Gasteiger partial charge in [-0.3, -0.25) is 4.79 Å². The second kappa shape index (κ2) is 6.70. The van der Waals surface area contributed by atoms with Crippen molar-refractivity contribution >= 4 is 23.5 Å². The fraction of sp³-hybridized carbons (Fsp3) is 0.429. The number of carboxylic acids is 1. The zero-order valence-corrected chi connectivity index (χ0v) is 12.3. The van der Waals surface area contributed by atoms with Crippen molar-refractivity contribution in [2.75, 3.05) is 0 Å². The molecule has 0 unspecified atom stereocenters. The molecule has 1 aromatic carbocycles. The van der Waals surface area contributed by atoms with E-state index in [1.165, 1.54) is 6.07 Å². The summed E-state index contributed by atoms with van der Waals surface area (Å²) in [5.41, 5.74) is 0.122. The van der Waals surface area contributed by atoms with Gasteiger partial charge in [-0.15, -0.1) is 0 Å². The smallest absolute Gasteiger partial charge is 0.338 e. The Kier molecular flexibility index (Phi) is 5.51. The quantitative estimate of drug-likeness (QED) is 0.878. The van der Waals surface area contributed by atoms with Gasteiger partial charge in [0.15, 0.2) is 0 Å². The molecule has 0 spiro atoms. The number of halogens is 2. The highest BCUT2D eigenvalue weighted by molar-refractivity contribution is 6.32. The van der Waals surface area contributed by atoms with E-state index in [1.54, 1.807) is 20.8 Å². The summed E-state index contributed by atoms with van der Waals surface area (Å²) in [7, 11) is 0. The lowest BCUT2D eigenvalue weighted by Crippen LogP contribution is -2.28. The molecular formula is C14H17ClFNO3. The molecule has 0 aromatic heterocycles. The number of hydrogen-bond donors (Lipinski definition) is 2. The fourth-order valence-electron chi connectivity index (χ4n) is 1.70. The van der Waals surface area contributed by atoms with Crippen LogP contribution in [0.3, 0.4) is 0 Å². The van der Waals surface area contributed by atoms with Gasteiger partial charge in [0.1, 0.15) is 5.82 Å². The van der Waals surface area contributed by atoms with Crippen molar-refractivity contribution in [2.24, 2.45) is 5.92 Å². The molecule has 0 atom stereocenters. The van der Waals surface area contributed by atoms with E-state index in [1.807, 2.05) is 0 Å². The highest BCUT2D eigenvalue weighted by Gasteiger charge is 2.21. The van der Waals surface area contributed by atoms with E-state index in [-0.39, 0.29) is 29.0 Å². The average Bonchev–Trinajstić information content (AvgIpc) is 2.37. The normalized spacial score (nSPS) is 10.7. The van der Waals surface area contributed by atoms with Gasteiger partial charge < -0.3 is 10.4 Å². The molecular weight excluding hydrogens is 285 g/mol. The Hall–Kier alpha value is -1.62. The van der Waals surface area contributed by atoms with Crippen LogP contribution < -0.4 is 5.32 Å². The SMILES string of the molecule is CCc1cc(C(=O)O)c(F)c(CNC(=O)C(C)C)c1Cl. The average molecular weight is 302 g/mol. The predicted octanol–water partition coefficient (Wildman–Crippen LogP) is 3.01. The number of carbonyl (C=O) groups is 2. The molecule has 2 N–H and O–H groups in total. The van der Waals surface area contributed by atoms with E-state index in [0.717, 1.165) is 0 Å². The van der Waals surface area contributed by atoms with Gasteiger partial charge in [-0.2, -0.15) is 0 Å². The van der Waals surface area contributed by atoms with E-state index < -0.39 is 17.3 Å². The Bertz CT molecular complexity index is 544. The summed E-state index contributed by atoms with van der Waals surface area (Å²) in [6.45, 7) is 5.08. The number of carbonyl (C=O) groups excluding carboxylic acids is 1. The van der Waals surface area contributed by atoms with Gasteiger partial charge in [-0.1, -0.05) is 32.4 Å². The first kappa shape index (κ1) is 16.4. The number of aryl methyl sites for hydroxylation is 1. The number of aromatic carboxylic acids is 1. The van der Waals surface area contributed by atoms with Crippen molar-refractivity contribution in [3.63, 3.8) is 0 Å². The third-order valence-electron chi connectivity index (χ3n) is 2.94. The highest BCUT2D eigenvalue weighted by atomic mass is 35.5. The molecule has 0 aliphatic rings. The number of rotatable bonds is 5. The maximum atomic E-state index is 14.1. The highest BCUT2D eigenvalue weighted by Crippen LogP contribution is 2.27. The summed E-state index contributed by atoms with van der Waals surface area (Å²) in [6.07, 6.45) is 0.477. The second-order valence-electron chi connectivity index (χ2n) is 4.72. The zero-order chi connectivity index (χ0) is 15.4. The number of nitrogens with one attached hydrogen (secondary N) is 1. The first-order chi connectivity index (χ1) is 9.29. The molecule has 110 valence electrons. The van der Waals surface area contributed by atoms with Crippen LogP contribution in [0.15, 0.2) is 6.07 Å². The molecule has 0 aliphatic heterocycles. The van der Waals surface area contributed by atoms with E-state index in [2.05, 4.69) is 5.32 Å². The Morgan fingerprint density at radius 3 is 2.50 bits per heavy atom. The van der Waals surface area contributed by atoms with Crippen molar-refractivity contribution in [2.45, 2.75) is 33.7 Å². The van der Waals surface area contributed by atoms with Gasteiger partial charge in [0.2, 0.25) is 5.91 Å². The van der Waals surface area contributed by atoms with Crippen LogP contribution in [0.2, 0.25) is 5.02 Å². The maximum absolute atomic E-state index is 14.1. The minimum absolute atomic E-state index is 0.0115. The van der Waals surface area contributed by atoms with Crippen LogP contribution in [-0.2, 0) is 17.8 Å². The first-order valence-electron chi connectivity index (χ1n) is 6.30. The molecule has 0 saturated heterocycles. The molecule has 0 aliphatic carbocycles. The molecule has 0 fully saturated rings. The van der Waals surface area contributed by atoms with Crippen molar-refractivity contribution in [3.8, 4) is 0 Å². The molecule has 0 saturated carbocycles. The maximum Gasteiger partial charge on any atom is 0.338 e. The van der Waals surface area contributed by atoms with Gasteiger partial charge in [0.05, 0.1) is 10.6 Å². The fourth-order valence-corrected chi connectivity index (χ4v) is 2.04. The standard InChI is InChI=1S/C14H17ClFNO3/c1-4-8-5-9(14(19)20)12(16)10(11(8)15)6-17-13(18)7(2)3/h5,7H,4,6H2,1-3H3,(H,17,18)(H,19,20). The Morgan fingerprint density at radius 2 is 2.05 bits per heavy atom. The number of amides is 1. The molecule has 1 rings (SSSR count). The van der Waals surface area contributed by atoms with Crippen LogP contribution in [0.25, 0.3) is 0 Å². The summed E-state index contributed by atoms with van der Waals surface area (Å²) >= 11 is 6.07. The van der Waals surface area contributed by atoms with Crippen molar-refractivity contribution in [1.82, 2.24) is 5.32 Å². The molecule has 0 bridgehead atoms. The van der Waals surface area contributed by atoms with Gasteiger partial charge >= 0.3 is 5.97 Å². The first-order valence-corrected chi connectivity index (χ1v) is 6.68. The summed E-state index contributed by atoms with van der Waals surface area (Å²) in [4.78, 5) is 22.5. The Labute approximate surface area is 121 Å². The lowest BCUT2D eigenvalue weighted by Gasteiger charge is -2.14. The van der Waals surface area contributed by atoms with Crippen LogP contribution in [0.4, 0.5) is 4.39 Å². The lowest BCUT2D eigenvalue weighted by molar-refractivity contribution is -0.124.